The number of aryl methyl sites for hydroxylation is 1. The Hall–Kier alpha value is -2.18. The highest BCUT2D eigenvalue weighted by atomic mass is 32.2. The quantitative estimate of drug-likeness (QED) is 0.815. The maximum Gasteiger partial charge on any atom is 0.243 e. The van der Waals surface area contributed by atoms with Gasteiger partial charge in [-0.25, -0.2) is 8.42 Å². The van der Waals surface area contributed by atoms with Gasteiger partial charge in [0.1, 0.15) is 0 Å². The minimum atomic E-state index is -3.58. The van der Waals surface area contributed by atoms with Gasteiger partial charge in [-0.1, -0.05) is 29.8 Å². The monoisotopic (exact) mass is 384 g/mol. The number of fused-ring (bicyclic) bond motifs is 1. The Kier molecular flexibility index (Phi) is 4.56. The fraction of sp³-hybridized carbons (Fsp3) is 0.381. The molecule has 2 aromatic carbocycles. The highest BCUT2D eigenvalue weighted by molar-refractivity contribution is 7.89. The Morgan fingerprint density at radius 2 is 1.81 bits per heavy atom. The summed E-state index contributed by atoms with van der Waals surface area (Å²) in [5.74, 6) is -0.0108. The summed E-state index contributed by atoms with van der Waals surface area (Å²) in [7, 11) is -3.58. The molecule has 2 aliphatic rings. The first kappa shape index (κ1) is 18.2. The van der Waals surface area contributed by atoms with Crippen molar-refractivity contribution in [2.75, 3.05) is 18.0 Å². The number of amides is 1. The van der Waals surface area contributed by atoms with Gasteiger partial charge in [-0.3, -0.25) is 4.79 Å². The number of nitrogens with zero attached hydrogens (tertiary/aromatic N) is 2. The fourth-order valence-electron chi connectivity index (χ4n) is 4.15. The number of carbonyl (C=O) groups excluding carboxylic acids is 1. The summed E-state index contributed by atoms with van der Waals surface area (Å²) in [6.45, 7) is 4.72. The third-order valence-corrected chi connectivity index (χ3v) is 7.50. The number of benzene rings is 2. The predicted octanol–water partition coefficient (Wildman–Crippen LogP) is 3.43. The van der Waals surface area contributed by atoms with E-state index in [1.165, 1.54) is 12.5 Å². The molecule has 142 valence electrons. The molecule has 2 aliphatic heterocycles. The van der Waals surface area contributed by atoms with E-state index in [4.69, 9.17) is 0 Å². The van der Waals surface area contributed by atoms with Crippen LogP contribution >= 0.6 is 0 Å². The lowest BCUT2D eigenvalue weighted by Gasteiger charge is -2.25. The fourth-order valence-corrected chi connectivity index (χ4v) is 5.88. The molecule has 27 heavy (non-hydrogen) atoms. The van der Waals surface area contributed by atoms with E-state index < -0.39 is 10.0 Å². The average Bonchev–Trinajstić information content (AvgIpc) is 3.29. The van der Waals surface area contributed by atoms with Gasteiger partial charge < -0.3 is 4.90 Å². The van der Waals surface area contributed by atoms with Crippen molar-refractivity contribution in [2.45, 2.75) is 44.0 Å². The second-order valence-electron chi connectivity index (χ2n) is 7.40. The van der Waals surface area contributed by atoms with Crippen molar-refractivity contribution >= 4 is 21.6 Å². The van der Waals surface area contributed by atoms with Crippen LogP contribution in [-0.4, -0.2) is 31.7 Å². The van der Waals surface area contributed by atoms with Gasteiger partial charge in [0, 0.05) is 25.7 Å². The normalized spacial score (nSPS) is 20.1. The highest BCUT2D eigenvalue weighted by Crippen LogP contribution is 2.38. The summed E-state index contributed by atoms with van der Waals surface area (Å²) in [5, 5.41) is 0. The van der Waals surface area contributed by atoms with Crippen LogP contribution in [0.4, 0.5) is 5.69 Å². The van der Waals surface area contributed by atoms with Crippen LogP contribution in [0.1, 0.15) is 42.5 Å². The zero-order valence-corrected chi connectivity index (χ0v) is 16.5. The van der Waals surface area contributed by atoms with Gasteiger partial charge in [-0.05, 0) is 55.5 Å². The molecule has 0 saturated carbocycles. The molecule has 1 atom stereocenters. The minimum Gasteiger partial charge on any atom is -0.312 e. The molecule has 0 aliphatic carbocycles. The van der Waals surface area contributed by atoms with Gasteiger partial charge in [0.15, 0.2) is 0 Å². The van der Waals surface area contributed by atoms with Gasteiger partial charge >= 0.3 is 0 Å². The van der Waals surface area contributed by atoms with Gasteiger partial charge in [0.25, 0.3) is 0 Å². The first-order chi connectivity index (χ1) is 12.9. The van der Waals surface area contributed by atoms with Crippen LogP contribution in [0.2, 0.25) is 0 Å². The number of hydrogen-bond acceptors (Lipinski definition) is 3. The van der Waals surface area contributed by atoms with Gasteiger partial charge in [-0.15, -0.1) is 0 Å². The minimum absolute atomic E-state index is 0.0108. The summed E-state index contributed by atoms with van der Waals surface area (Å²) in [6, 6.07) is 13.2. The Morgan fingerprint density at radius 1 is 1.07 bits per heavy atom. The van der Waals surface area contributed by atoms with Crippen molar-refractivity contribution in [1.82, 2.24) is 4.31 Å². The molecule has 2 heterocycles. The topological polar surface area (TPSA) is 57.7 Å². The number of rotatable bonds is 3. The van der Waals surface area contributed by atoms with E-state index >= 15 is 0 Å². The molecule has 0 N–H and O–H groups in total. The molecule has 5 nitrogen and oxygen atoms in total. The molecule has 4 rings (SSSR count). The Balaban J connectivity index is 1.67. The summed E-state index contributed by atoms with van der Waals surface area (Å²) < 4.78 is 28.3. The summed E-state index contributed by atoms with van der Waals surface area (Å²) in [6.07, 6.45) is 2.39. The first-order valence-electron chi connectivity index (χ1n) is 9.37. The first-order valence-corrected chi connectivity index (χ1v) is 10.8. The summed E-state index contributed by atoms with van der Waals surface area (Å²) in [4.78, 5) is 13.8. The summed E-state index contributed by atoms with van der Waals surface area (Å²) >= 11 is 0. The second kappa shape index (κ2) is 6.77. The van der Waals surface area contributed by atoms with Crippen LogP contribution in [0, 0.1) is 6.92 Å². The molecule has 2 aromatic rings. The standard InChI is InChI=1S/C21H24N2O3S/c1-15-5-7-17(8-6-15)21-4-3-12-23(21)27(25,26)19-9-10-20-18(14-19)11-13-22(20)16(2)24/h5-10,14,21H,3-4,11-13H2,1-2H3. The van der Waals surface area contributed by atoms with E-state index in [-0.39, 0.29) is 11.9 Å². The zero-order chi connectivity index (χ0) is 19.2. The van der Waals surface area contributed by atoms with E-state index in [1.54, 1.807) is 27.4 Å². The van der Waals surface area contributed by atoms with Crippen LogP contribution in [-0.2, 0) is 21.2 Å². The zero-order valence-electron chi connectivity index (χ0n) is 15.7. The van der Waals surface area contributed by atoms with Crippen LogP contribution < -0.4 is 4.90 Å². The smallest absolute Gasteiger partial charge is 0.243 e. The Labute approximate surface area is 160 Å². The summed E-state index contributed by atoms with van der Waals surface area (Å²) in [5.41, 5.74) is 3.97. The number of hydrogen-bond donors (Lipinski definition) is 0. The van der Waals surface area contributed by atoms with Crippen molar-refractivity contribution in [3.63, 3.8) is 0 Å². The lowest BCUT2D eigenvalue weighted by atomic mass is 10.0. The van der Waals surface area contributed by atoms with Crippen molar-refractivity contribution in [2.24, 2.45) is 0 Å². The van der Waals surface area contributed by atoms with Crippen LogP contribution in [0.15, 0.2) is 47.4 Å². The predicted molar refractivity (Wildman–Crippen MR) is 105 cm³/mol. The molecule has 1 unspecified atom stereocenters. The Morgan fingerprint density at radius 3 is 2.52 bits per heavy atom. The molecule has 1 fully saturated rings. The number of anilines is 1. The largest absolute Gasteiger partial charge is 0.312 e. The van der Waals surface area contributed by atoms with Crippen LogP contribution in [0.5, 0.6) is 0 Å². The highest BCUT2D eigenvalue weighted by Gasteiger charge is 2.37. The van der Waals surface area contributed by atoms with Crippen molar-refractivity contribution in [1.29, 1.82) is 0 Å². The van der Waals surface area contributed by atoms with Crippen LogP contribution in [0.25, 0.3) is 0 Å². The lowest BCUT2D eigenvalue weighted by molar-refractivity contribution is -0.116. The maximum absolute atomic E-state index is 13.3. The van der Waals surface area contributed by atoms with Crippen molar-refractivity contribution in [3.05, 3.63) is 59.2 Å². The average molecular weight is 385 g/mol. The van der Waals surface area contributed by atoms with E-state index in [1.807, 2.05) is 31.2 Å². The van der Waals surface area contributed by atoms with Gasteiger partial charge in [-0.2, -0.15) is 4.31 Å². The number of carbonyl (C=O) groups is 1. The Bertz CT molecular complexity index is 983. The van der Waals surface area contributed by atoms with Crippen molar-refractivity contribution < 1.29 is 13.2 Å². The molecule has 0 aromatic heterocycles. The van der Waals surface area contributed by atoms with E-state index in [2.05, 4.69) is 0 Å². The molecule has 6 heteroatoms. The molecular formula is C21H24N2O3S. The lowest BCUT2D eigenvalue weighted by Crippen LogP contribution is -2.30. The molecule has 0 spiro atoms. The van der Waals surface area contributed by atoms with Gasteiger partial charge in [0.2, 0.25) is 15.9 Å². The van der Waals surface area contributed by atoms with Crippen LogP contribution in [0.3, 0.4) is 0 Å². The third-order valence-electron chi connectivity index (χ3n) is 5.60. The second-order valence-corrected chi connectivity index (χ2v) is 9.29. The molecular weight excluding hydrogens is 360 g/mol. The molecule has 1 amide bonds. The van der Waals surface area contributed by atoms with E-state index in [0.717, 1.165) is 29.7 Å². The molecule has 1 saturated heterocycles. The number of sulfonamides is 1. The van der Waals surface area contributed by atoms with Crippen molar-refractivity contribution in [3.8, 4) is 0 Å². The van der Waals surface area contributed by atoms with Gasteiger partial charge in [0.05, 0.1) is 10.9 Å². The molecule has 0 radical (unpaired) electrons. The maximum atomic E-state index is 13.3. The SMILES string of the molecule is CC(=O)N1CCc2cc(S(=O)(=O)N3CCCC3c3ccc(C)cc3)ccc21. The van der Waals surface area contributed by atoms with E-state index in [9.17, 15) is 13.2 Å². The van der Waals surface area contributed by atoms with E-state index in [0.29, 0.717) is 24.4 Å². The molecule has 0 bridgehead atoms. The third kappa shape index (κ3) is 3.17.